The lowest BCUT2D eigenvalue weighted by molar-refractivity contribution is -0.0192. The number of rotatable bonds is 13. The highest BCUT2D eigenvalue weighted by Crippen LogP contribution is 2.52. The van der Waals surface area contributed by atoms with Gasteiger partial charge in [0.15, 0.2) is 17.8 Å². The molecule has 1 saturated heterocycles. The molecule has 1 aliphatic rings. The lowest BCUT2D eigenvalue weighted by atomic mass is 10.2. The number of benzene rings is 2. The SMILES string of the molecule is COc1cccc(OP(=O)(CO[C@H](C)Cn2cnc3c(N)ncnc32)OC2CSSC[C@@H]2OCc2ccccc2)c1. The minimum Gasteiger partial charge on any atom is -0.497 e. The number of nitrogens with zero attached hydrogens (tertiary/aromatic N) is 4. The van der Waals surface area contributed by atoms with E-state index in [0.29, 0.717) is 53.1 Å². The van der Waals surface area contributed by atoms with Crippen molar-refractivity contribution in [2.45, 2.75) is 38.4 Å². The summed E-state index contributed by atoms with van der Waals surface area (Å²) in [5, 5.41) is 0. The number of aromatic nitrogens is 4. The zero-order chi connectivity index (χ0) is 28.7. The van der Waals surface area contributed by atoms with Gasteiger partial charge < -0.3 is 29.0 Å². The third kappa shape index (κ3) is 7.94. The Labute approximate surface area is 246 Å². The molecule has 1 aliphatic heterocycles. The first-order valence-corrected chi connectivity index (χ1v) is 17.2. The molecule has 2 aromatic carbocycles. The van der Waals surface area contributed by atoms with Crippen molar-refractivity contribution >= 4 is 46.2 Å². The number of imidazole rings is 1. The number of fused-ring (bicyclic) bond motifs is 1. The van der Waals surface area contributed by atoms with E-state index in [-0.39, 0.29) is 18.6 Å². The maximum absolute atomic E-state index is 14.3. The predicted molar refractivity (Wildman–Crippen MR) is 161 cm³/mol. The van der Waals surface area contributed by atoms with Crippen LogP contribution in [0.2, 0.25) is 0 Å². The average molecular weight is 618 g/mol. The number of hydrogen-bond donors (Lipinski definition) is 1. The third-order valence-electron chi connectivity index (χ3n) is 6.25. The minimum absolute atomic E-state index is 0.269. The molecular formula is C27H32N5O6PS2. The standard InChI is InChI=1S/C27H32N5O6PS2/c1-19(12-32-17-31-25-26(28)29-16-30-27(25)32)36-18-39(33,37-22-10-6-9-21(11-22)34-2)38-24-15-41-40-14-23(24)35-13-20-7-4-3-5-8-20/h3-11,16-17,19,23-24H,12-15,18H2,1-2H3,(H2,28,29,30)/t19-,23+,24?,39?/m1/s1. The molecule has 0 bridgehead atoms. The van der Waals surface area contributed by atoms with E-state index in [2.05, 4.69) is 15.0 Å². The van der Waals surface area contributed by atoms with Crippen LogP contribution in [-0.4, -0.2) is 62.8 Å². The molecule has 2 aromatic heterocycles. The maximum atomic E-state index is 14.3. The lowest BCUT2D eigenvalue weighted by Gasteiger charge is -2.33. The fourth-order valence-electron chi connectivity index (χ4n) is 4.16. The Balaban J connectivity index is 1.30. The lowest BCUT2D eigenvalue weighted by Crippen LogP contribution is -2.38. The van der Waals surface area contributed by atoms with Crippen LogP contribution < -0.4 is 15.0 Å². The number of methoxy groups -OCH3 is 1. The van der Waals surface area contributed by atoms with E-state index < -0.39 is 13.7 Å². The number of anilines is 1. The average Bonchev–Trinajstić information content (AvgIpc) is 3.40. The van der Waals surface area contributed by atoms with Crippen molar-refractivity contribution in [3.05, 3.63) is 72.8 Å². The van der Waals surface area contributed by atoms with Crippen LogP contribution in [0, 0.1) is 0 Å². The van der Waals surface area contributed by atoms with E-state index >= 15 is 0 Å². The van der Waals surface area contributed by atoms with Crippen LogP contribution in [0.25, 0.3) is 11.2 Å². The van der Waals surface area contributed by atoms with Gasteiger partial charge in [0.2, 0.25) is 0 Å². The molecular weight excluding hydrogens is 585 g/mol. The smallest absolute Gasteiger partial charge is 0.405 e. The largest absolute Gasteiger partial charge is 0.497 e. The fraction of sp³-hybridized carbons (Fsp3) is 0.370. The van der Waals surface area contributed by atoms with Gasteiger partial charge in [-0.3, -0.25) is 4.52 Å². The van der Waals surface area contributed by atoms with Gasteiger partial charge in [-0.15, -0.1) is 0 Å². The molecule has 218 valence electrons. The van der Waals surface area contributed by atoms with Gasteiger partial charge in [-0.1, -0.05) is 58.0 Å². The summed E-state index contributed by atoms with van der Waals surface area (Å²) in [7, 11) is 1.09. The zero-order valence-corrected chi connectivity index (χ0v) is 25.2. The van der Waals surface area contributed by atoms with Gasteiger partial charge in [-0.2, -0.15) is 0 Å². The normalized spacial score (nSPS) is 19.5. The monoisotopic (exact) mass is 617 g/mol. The number of nitrogens with two attached hydrogens (primary N) is 1. The highest BCUT2D eigenvalue weighted by atomic mass is 33.1. The highest BCUT2D eigenvalue weighted by Gasteiger charge is 2.38. The quantitative estimate of drug-likeness (QED) is 0.152. The predicted octanol–water partition coefficient (Wildman–Crippen LogP) is 5.42. The molecule has 14 heteroatoms. The molecule has 0 radical (unpaired) electrons. The van der Waals surface area contributed by atoms with Crippen molar-refractivity contribution in [1.82, 2.24) is 19.5 Å². The molecule has 5 rings (SSSR count). The minimum atomic E-state index is -3.82. The Kier molecular flexibility index (Phi) is 10.1. The third-order valence-corrected chi connectivity index (χ3v) is 10.2. The van der Waals surface area contributed by atoms with Crippen LogP contribution in [0.15, 0.2) is 67.3 Å². The molecule has 0 spiro atoms. The van der Waals surface area contributed by atoms with Crippen molar-refractivity contribution in [3.63, 3.8) is 0 Å². The molecule has 4 atom stereocenters. The molecule has 11 nitrogen and oxygen atoms in total. The Morgan fingerprint density at radius 1 is 1.05 bits per heavy atom. The Morgan fingerprint density at radius 2 is 1.83 bits per heavy atom. The van der Waals surface area contributed by atoms with Crippen molar-refractivity contribution in [2.75, 3.05) is 30.7 Å². The van der Waals surface area contributed by atoms with Gasteiger partial charge in [0.05, 0.1) is 38.8 Å². The summed E-state index contributed by atoms with van der Waals surface area (Å²) in [6.45, 7) is 2.69. The molecule has 0 amide bonds. The number of hydrogen-bond acceptors (Lipinski definition) is 12. The molecule has 1 fully saturated rings. The van der Waals surface area contributed by atoms with Crippen molar-refractivity contribution in [1.29, 1.82) is 0 Å². The van der Waals surface area contributed by atoms with Gasteiger partial charge in [-0.05, 0) is 24.6 Å². The van der Waals surface area contributed by atoms with Crippen LogP contribution in [0.5, 0.6) is 11.5 Å². The summed E-state index contributed by atoms with van der Waals surface area (Å²) in [6, 6.07) is 16.8. The second kappa shape index (κ2) is 13.9. The van der Waals surface area contributed by atoms with Crippen molar-refractivity contribution in [2.24, 2.45) is 0 Å². The van der Waals surface area contributed by atoms with Gasteiger partial charge >= 0.3 is 7.60 Å². The van der Waals surface area contributed by atoms with E-state index in [1.165, 1.54) is 6.33 Å². The van der Waals surface area contributed by atoms with Crippen LogP contribution in [0.3, 0.4) is 0 Å². The fourth-order valence-corrected chi connectivity index (χ4v) is 8.35. The summed E-state index contributed by atoms with van der Waals surface area (Å²) < 4.78 is 46.0. The first kappa shape index (κ1) is 29.7. The van der Waals surface area contributed by atoms with E-state index in [1.54, 1.807) is 59.3 Å². The molecule has 3 heterocycles. The molecule has 2 unspecified atom stereocenters. The summed E-state index contributed by atoms with van der Waals surface area (Å²) >= 11 is 0. The van der Waals surface area contributed by atoms with Gasteiger partial charge in [0.25, 0.3) is 0 Å². The molecule has 2 N–H and O–H groups in total. The number of ether oxygens (including phenoxy) is 3. The summed E-state index contributed by atoms with van der Waals surface area (Å²) in [4.78, 5) is 12.6. The second-order valence-corrected chi connectivity index (χ2v) is 13.8. The van der Waals surface area contributed by atoms with Gasteiger partial charge in [0.1, 0.15) is 29.4 Å². The molecule has 0 saturated carbocycles. The van der Waals surface area contributed by atoms with Gasteiger partial charge in [-0.25, -0.2) is 19.5 Å². The molecule has 41 heavy (non-hydrogen) atoms. The number of nitrogen functional groups attached to an aromatic ring is 1. The summed E-state index contributed by atoms with van der Waals surface area (Å²) in [5.74, 6) is 2.52. The summed E-state index contributed by atoms with van der Waals surface area (Å²) in [5.41, 5.74) is 8.08. The Hall–Kier alpha value is -2.80. The topological polar surface area (TPSA) is 133 Å². The first-order chi connectivity index (χ1) is 19.9. The first-order valence-electron chi connectivity index (χ1n) is 13.0. The van der Waals surface area contributed by atoms with Crippen molar-refractivity contribution in [3.8, 4) is 11.5 Å². The van der Waals surface area contributed by atoms with Crippen LogP contribution in [0.1, 0.15) is 12.5 Å². The summed E-state index contributed by atoms with van der Waals surface area (Å²) in [6.07, 6.45) is 1.64. The van der Waals surface area contributed by atoms with Gasteiger partial charge in [0, 0.05) is 17.6 Å². The highest BCUT2D eigenvalue weighted by molar-refractivity contribution is 8.76. The van der Waals surface area contributed by atoms with Crippen LogP contribution in [0.4, 0.5) is 5.82 Å². The zero-order valence-electron chi connectivity index (χ0n) is 22.7. The van der Waals surface area contributed by atoms with E-state index in [4.69, 9.17) is 29.0 Å². The van der Waals surface area contributed by atoms with E-state index in [9.17, 15) is 4.57 Å². The van der Waals surface area contributed by atoms with Crippen LogP contribution >= 0.6 is 29.2 Å². The van der Waals surface area contributed by atoms with E-state index in [0.717, 1.165) is 5.56 Å². The maximum Gasteiger partial charge on any atom is 0.405 e. The Bertz CT molecular complexity index is 1480. The molecule has 4 aromatic rings. The molecule has 0 aliphatic carbocycles. The Morgan fingerprint density at radius 3 is 2.63 bits per heavy atom. The van der Waals surface area contributed by atoms with Crippen LogP contribution in [-0.2, 0) is 31.7 Å². The second-order valence-electron chi connectivity index (χ2n) is 9.36. The van der Waals surface area contributed by atoms with E-state index in [1.807, 2.05) is 41.8 Å². The van der Waals surface area contributed by atoms with Crippen molar-refractivity contribution < 1.29 is 27.8 Å².